The second kappa shape index (κ2) is 6.59. The maximum absolute atomic E-state index is 14.1. The molecule has 150 valence electrons. The Labute approximate surface area is 164 Å². The van der Waals surface area contributed by atoms with Crippen molar-refractivity contribution in [1.29, 1.82) is 0 Å². The highest BCUT2D eigenvalue weighted by atomic mass is 19.1. The first-order valence-electron chi connectivity index (χ1n) is 9.31. The van der Waals surface area contributed by atoms with Gasteiger partial charge in [0.2, 0.25) is 0 Å². The van der Waals surface area contributed by atoms with Crippen LogP contribution in [0, 0.1) is 5.82 Å². The van der Waals surface area contributed by atoms with Gasteiger partial charge in [-0.3, -0.25) is 4.79 Å². The summed E-state index contributed by atoms with van der Waals surface area (Å²) < 4.78 is 21.3. The molecule has 0 radical (unpaired) electrons. The number of carbonyl (C=O) groups excluding carboxylic acids is 1. The normalized spacial score (nSPS) is 21.6. The second-order valence-corrected chi connectivity index (χ2v) is 7.16. The Morgan fingerprint density at radius 3 is 3.07 bits per heavy atom. The fourth-order valence-electron chi connectivity index (χ4n) is 4.00. The Bertz CT molecular complexity index is 1120. The minimum atomic E-state index is -0.611. The van der Waals surface area contributed by atoms with Gasteiger partial charge in [-0.25, -0.2) is 13.9 Å². The fourth-order valence-corrected chi connectivity index (χ4v) is 4.00. The molecule has 3 aromatic rings. The van der Waals surface area contributed by atoms with Crippen molar-refractivity contribution in [3.63, 3.8) is 0 Å². The highest BCUT2D eigenvalue weighted by Crippen LogP contribution is 2.40. The summed E-state index contributed by atoms with van der Waals surface area (Å²) in [6.07, 6.45) is 1.45. The number of amides is 1. The van der Waals surface area contributed by atoms with E-state index in [-0.39, 0.29) is 36.4 Å². The van der Waals surface area contributed by atoms with E-state index < -0.39 is 12.0 Å². The predicted octanol–water partition coefficient (Wildman–Crippen LogP) is 0.885. The molecule has 4 heterocycles. The van der Waals surface area contributed by atoms with Gasteiger partial charge < -0.3 is 25.8 Å². The van der Waals surface area contributed by atoms with Crippen molar-refractivity contribution in [2.45, 2.75) is 18.6 Å². The van der Waals surface area contributed by atoms with Crippen LogP contribution in [0.5, 0.6) is 5.75 Å². The number of hydrogen-bond acceptors (Lipinski definition) is 7. The van der Waals surface area contributed by atoms with E-state index in [0.29, 0.717) is 35.7 Å². The van der Waals surface area contributed by atoms with Gasteiger partial charge in [0.05, 0.1) is 18.7 Å². The molecule has 0 saturated carbocycles. The number of nitrogens with one attached hydrogen (secondary N) is 1. The van der Waals surface area contributed by atoms with Crippen LogP contribution in [0.1, 0.15) is 28.4 Å². The number of aliphatic hydroxyl groups excluding tert-OH is 1. The molecule has 1 fully saturated rings. The molecule has 1 aromatic carbocycles. The van der Waals surface area contributed by atoms with E-state index in [9.17, 15) is 14.3 Å². The first-order valence-corrected chi connectivity index (χ1v) is 9.31. The van der Waals surface area contributed by atoms with Gasteiger partial charge >= 0.3 is 0 Å². The molecule has 0 unspecified atom stereocenters. The third-order valence-corrected chi connectivity index (χ3v) is 5.27. The van der Waals surface area contributed by atoms with Crippen LogP contribution < -0.4 is 20.7 Å². The van der Waals surface area contributed by atoms with Gasteiger partial charge in [-0.1, -0.05) is 0 Å². The van der Waals surface area contributed by atoms with Crippen LogP contribution in [0.2, 0.25) is 0 Å². The third-order valence-electron chi connectivity index (χ3n) is 5.27. The van der Waals surface area contributed by atoms with Crippen molar-refractivity contribution in [2.24, 2.45) is 0 Å². The molecule has 1 amide bonds. The van der Waals surface area contributed by atoms with E-state index in [2.05, 4.69) is 15.4 Å². The maximum atomic E-state index is 14.1. The SMILES string of the molecule is Nc1nn2ccc3nc2c1C(=O)NCCOc1ccc(F)cc1[C@H]1C[C@@H](O)CN31. The topological polar surface area (TPSA) is 118 Å². The average Bonchev–Trinajstić information content (AvgIpc) is 3.23. The van der Waals surface area contributed by atoms with Gasteiger partial charge in [0.1, 0.15) is 29.6 Å². The van der Waals surface area contributed by atoms with Gasteiger partial charge in [-0.15, -0.1) is 5.10 Å². The zero-order chi connectivity index (χ0) is 20.1. The first-order chi connectivity index (χ1) is 14.0. The van der Waals surface area contributed by atoms with Crippen molar-refractivity contribution in [1.82, 2.24) is 19.9 Å². The van der Waals surface area contributed by atoms with Gasteiger partial charge in [0.15, 0.2) is 11.5 Å². The van der Waals surface area contributed by atoms with Crippen molar-refractivity contribution >= 4 is 23.2 Å². The van der Waals surface area contributed by atoms with Crippen LogP contribution in [0.15, 0.2) is 30.5 Å². The molecule has 29 heavy (non-hydrogen) atoms. The lowest BCUT2D eigenvalue weighted by Gasteiger charge is -2.27. The van der Waals surface area contributed by atoms with Crippen molar-refractivity contribution in [3.8, 4) is 5.75 Å². The van der Waals surface area contributed by atoms with Crippen molar-refractivity contribution in [3.05, 3.63) is 47.4 Å². The number of anilines is 2. The number of halogens is 1. The Morgan fingerprint density at radius 2 is 2.21 bits per heavy atom. The van der Waals surface area contributed by atoms with Gasteiger partial charge in [0.25, 0.3) is 5.91 Å². The summed E-state index contributed by atoms with van der Waals surface area (Å²) in [5, 5.41) is 17.2. The molecule has 0 spiro atoms. The molecule has 2 aromatic heterocycles. The van der Waals surface area contributed by atoms with Crippen molar-refractivity contribution in [2.75, 3.05) is 30.3 Å². The number of ether oxygens (including phenoxy) is 1. The Kier molecular flexibility index (Phi) is 4.02. The number of hydrogen-bond donors (Lipinski definition) is 3. The van der Waals surface area contributed by atoms with Crippen molar-refractivity contribution < 1.29 is 19.0 Å². The van der Waals surface area contributed by atoms with Crippen LogP contribution in [0.3, 0.4) is 0 Å². The highest BCUT2D eigenvalue weighted by molar-refractivity contribution is 6.04. The van der Waals surface area contributed by atoms with Crippen LogP contribution in [-0.2, 0) is 0 Å². The van der Waals surface area contributed by atoms with Gasteiger partial charge in [-0.2, -0.15) is 0 Å². The van der Waals surface area contributed by atoms with E-state index >= 15 is 0 Å². The zero-order valence-electron chi connectivity index (χ0n) is 15.4. The summed E-state index contributed by atoms with van der Waals surface area (Å²) in [5.41, 5.74) is 7.08. The maximum Gasteiger partial charge on any atom is 0.259 e. The van der Waals surface area contributed by atoms with E-state index in [4.69, 9.17) is 10.5 Å². The molecule has 0 aliphatic carbocycles. The molecular formula is C19H19FN6O3. The fraction of sp³-hybridized carbons (Fsp3) is 0.316. The predicted molar refractivity (Wildman–Crippen MR) is 102 cm³/mol. The van der Waals surface area contributed by atoms with Gasteiger partial charge in [0, 0.05) is 18.3 Å². The molecular weight excluding hydrogens is 379 g/mol. The molecule has 9 nitrogen and oxygen atoms in total. The standard InChI is InChI=1S/C19H19FN6O3/c20-10-1-2-14-12(7-10)13-8-11(27)9-25(13)15-3-5-26-18(23-15)16(17(21)24-26)19(28)22-4-6-29-14/h1-3,5,7,11,13,27H,4,6,8-9H2,(H2,21,24)(H,22,28)/t11-,13-/m1/s1. The average molecular weight is 398 g/mol. The summed E-state index contributed by atoms with van der Waals surface area (Å²) >= 11 is 0. The smallest absolute Gasteiger partial charge is 0.259 e. The molecule has 4 N–H and O–H groups in total. The van der Waals surface area contributed by atoms with E-state index in [0.717, 1.165) is 0 Å². The molecule has 2 atom stereocenters. The lowest BCUT2D eigenvalue weighted by Crippen LogP contribution is -2.28. The molecule has 2 bridgehead atoms. The summed E-state index contributed by atoms with van der Waals surface area (Å²) in [6.45, 7) is 0.729. The number of rotatable bonds is 0. The largest absolute Gasteiger partial charge is 0.491 e. The summed E-state index contributed by atoms with van der Waals surface area (Å²) in [6, 6.07) is 5.71. The number of benzene rings is 1. The lowest BCUT2D eigenvalue weighted by atomic mass is 10.0. The molecule has 2 aliphatic heterocycles. The zero-order valence-corrected chi connectivity index (χ0v) is 15.4. The quantitative estimate of drug-likeness (QED) is 0.515. The van der Waals surface area contributed by atoms with Crippen LogP contribution >= 0.6 is 0 Å². The molecule has 1 saturated heterocycles. The minimum Gasteiger partial charge on any atom is -0.491 e. The monoisotopic (exact) mass is 398 g/mol. The van der Waals surface area contributed by atoms with Crippen LogP contribution in [0.25, 0.3) is 5.65 Å². The molecule has 2 aliphatic rings. The Hall–Kier alpha value is -3.40. The minimum absolute atomic E-state index is 0.0753. The number of aromatic nitrogens is 3. The number of aliphatic hydroxyl groups is 1. The Balaban J connectivity index is 1.70. The summed E-state index contributed by atoms with van der Waals surface area (Å²) in [5.74, 6) is 0.323. The highest BCUT2D eigenvalue weighted by Gasteiger charge is 2.35. The number of nitrogen functional groups attached to an aromatic ring is 1. The first kappa shape index (κ1) is 17.7. The Morgan fingerprint density at radius 1 is 1.34 bits per heavy atom. The third kappa shape index (κ3) is 2.92. The van der Waals surface area contributed by atoms with E-state index in [1.165, 1.54) is 16.6 Å². The van der Waals surface area contributed by atoms with Gasteiger partial charge in [-0.05, 0) is 30.7 Å². The second-order valence-electron chi connectivity index (χ2n) is 7.16. The number of fused-ring (bicyclic) bond motifs is 5. The molecule has 5 rings (SSSR count). The van der Waals surface area contributed by atoms with Crippen LogP contribution in [-0.4, -0.2) is 51.4 Å². The van der Waals surface area contributed by atoms with E-state index in [1.54, 1.807) is 18.3 Å². The number of carbonyl (C=O) groups is 1. The summed E-state index contributed by atoms with van der Waals surface area (Å²) in [7, 11) is 0. The number of nitrogens with zero attached hydrogens (tertiary/aromatic N) is 4. The molecule has 10 heteroatoms. The van der Waals surface area contributed by atoms with E-state index in [1.807, 2.05) is 4.90 Å². The van der Waals surface area contributed by atoms with Crippen LogP contribution in [0.4, 0.5) is 16.0 Å². The lowest BCUT2D eigenvalue weighted by molar-refractivity contribution is 0.0949. The number of nitrogens with two attached hydrogens (primary N) is 1. The summed E-state index contributed by atoms with van der Waals surface area (Å²) in [4.78, 5) is 19.1.